The molecule has 1 saturated heterocycles. The summed E-state index contributed by atoms with van der Waals surface area (Å²) in [6.07, 6.45) is -9.89. The van der Waals surface area contributed by atoms with E-state index in [1.54, 1.807) is 0 Å². The summed E-state index contributed by atoms with van der Waals surface area (Å²) >= 11 is 0. The first-order chi connectivity index (χ1) is 22.5. The van der Waals surface area contributed by atoms with Gasteiger partial charge in [-0.05, 0) is 47.8 Å². The average Bonchev–Trinajstić information content (AvgIpc) is 2.95. The van der Waals surface area contributed by atoms with Gasteiger partial charge in [-0.2, -0.15) is 0 Å². The van der Waals surface area contributed by atoms with E-state index in [9.17, 15) is 4.79 Å². The summed E-state index contributed by atoms with van der Waals surface area (Å²) < 4.78 is 188. The molecule has 0 amide bonds. The van der Waals surface area contributed by atoms with Crippen molar-refractivity contribution in [2.75, 3.05) is 27.3 Å². The molecule has 30 heavy (non-hydrogen) atoms. The van der Waals surface area contributed by atoms with Gasteiger partial charge in [0.1, 0.15) is 12.1 Å². The quantitative estimate of drug-likeness (QED) is 0.655. The van der Waals surface area contributed by atoms with E-state index in [-0.39, 0.29) is 22.6 Å². The summed E-state index contributed by atoms with van der Waals surface area (Å²) in [6.45, 7) is -20.1. The number of piperidine rings is 1. The van der Waals surface area contributed by atoms with Gasteiger partial charge >= 0.3 is 5.97 Å². The molecular weight excluding hydrogens is 380 g/mol. The molecule has 0 spiro atoms. The van der Waals surface area contributed by atoms with Crippen LogP contribution in [0.25, 0.3) is 0 Å². The first-order valence-electron chi connectivity index (χ1n) is 19.5. The van der Waals surface area contributed by atoms with Crippen LogP contribution in [0, 0.1) is 17.7 Å². The second-order valence-corrected chi connectivity index (χ2v) is 6.79. The van der Waals surface area contributed by atoms with E-state index in [0.29, 0.717) is 0 Å². The summed E-state index contributed by atoms with van der Waals surface area (Å²) in [7, 11) is 2.45. The lowest BCUT2D eigenvalue weighted by Crippen LogP contribution is -2.51. The van der Waals surface area contributed by atoms with Crippen LogP contribution in [0.3, 0.4) is 0 Å². The number of fused-ring (bicyclic) bond motifs is 3. The molecule has 0 aliphatic carbocycles. The van der Waals surface area contributed by atoms with Gasteiger partial charge in [-0.25, -0.2) is 0 Å². The summed E-state index contributed by atoms with van der Waals surface area (Å²) in [5, 5.41) is 0. The molecule has 2 aliphatic heterocycles. The minimum atomic E-state index is -4.09. The molecule has 6 nitrogen and oxygen atoms in total. The van der Waals surface area contributed by atoms with Crippen molar-refractivity contribution < 1.29 is 47.8 Å². The molecule has 1 fully saturated rings. The molecule has 0 radical (unpaired) electrons. The fourth-order valence-electron chi connectivity index (χ4n) is 3.55. The smallest absolute Gasteiger partial charge is 0.323 e. The van der Waals surface area contributed by atoms with Crippen LogP contribution in [0.5, 0.6) is 11.5 Å². The highest BCUT2D eigenvalue weighted by molar-refractivity contribution is 5.76. The van der Waals surface area contributed by atoms with Crippen LogP contribution in [0.15, 0.2) is 12.1 Å². The van der Waals surface area contributed by atoms with Crippen LogP contribution < -0.4 is 15.2 Å². The lowest BCUT2D eigenvalue weighted by atomic mass is 9.79. The van der Waals surface area contributed by atoms with Crippen molar-refractivity contribution in [1.82, 2.24) is 4.90 Å². The van der Waals surface area contributed by atoms with Gasteiger partial charge in [-0.15, -0.1) is 0 Å². The predicted octanol–water partition coefficient (Wildman–Crippen LogP) is 3.56. The molecule has 3 rings (SSSR count). The number of aryl methyl sites for hydroxylation is 1. The summed E-state index contributed by atoms with van der Waals surface area (Å²) in [6, 6.07) is -3.07. The van der Waals surface area contributed by atoms with E-state index in [4.69, 9.17) is 48.7 Å². The van der Waals surface area contributed by atoms with Gasteiger partial charge in [0.05, 0.1) is 15.6 Å². The van der Waals surface area contributed by atoms with Gasteiger partial charge in [0.25, 0.3) is 0 Å². The van der Waals surface area contributed by atoms with E-state index in [0.717, 1.165) is 11.0 Å². The zero-order valence-electron chi connectivity index (χ0n) is 37.5. The van der Waals surface area contributed by atoms with Gasteiger partial charge in [0.15, 0.2) is 11.5 Å². The number of carbonyl (C=O) groups is 1. The van der Waals surface area contributed by atoms with Crippen molar-refractivity contribution >= 4 is 5.97 Å². The normalized spacial score (nSPS) is 42.5. The standard InChI is InChI=1S/C24H38N2O4/c1-14(2)9-17-13-26-8-7-16-10-21(28-5)22(29-6)11-18(16)19(26)12-20(17)30-24(27)23(25)15(3)4/h10-11,14-15,17,19-20,23H,7-9,12-13,25H2,1-6H3/t17?,19?,20?,23-/m0/s1/i1D3,2D3,3D3,4D3,7D2,8D2,9D2,14D,15D,23D. The Morgan fingerprint density at radius 3 is 2.73 bits per heavy atom. The van der Waals surface area contributed by atoms with Crippen molar-refractivity contribution in [3.05, 3.63) is 23.3 Å². The predicted molar refractivity (Wildman–Crippen MR) is 118 cm³/mol. The first-order valence-corrected chi connectivity index (χ1v) is 9.00. The zero-order chi connectivity index (χ0) is 40.1. The molecule has 0 saturated carbocycles. The average molecular weight is 440 g/mol. The number of nitrogens with two attached hydrogens (primary N) is 1. The first kappa shape index (κ1) is 7.96. The highest BCUT2D eigenvalue weighted by Gasteiger charge is 2.41. The van der Waals surface area contributed by atoms with Crippen LogP contribution in [-0.2, 0) is 15.9 Å². The number of hydrogen-bond donors (Lipinski definition) is 1. The van der Waals surface area contributed by atoms with Gasteiger partial charge in [-0.1, -0.05) is 27.4 Å². The molecule has 2 heterocycles. The zero-order valence-corrected chi connectivity index (χ0v) is 16.5. The Hall–Kier alpha value is -1.79. The highest BCUT2D eigenvalue weighted by atomic mass is 16.5. The number of benzene rings is 1. The molecule has 2 aliphatic rings. The summed E-state index contributed by atoms with van der Waals surface area (Å²) in [4.78, 5) is 14.4. The van der Waals surface area contributed by atoms with Crippen molar-refractivity contribution in [2.45, 2.75) is 64.7 Å². The van der Waals surface area contributed by atoms with Crippen molar-refractivity contribution in [2.24, 2.45) is 23.4 Å². The molecule has 0 aromatic heterocycles. The SMILES string of the molecule is [2H]C([2H])([2H])C([2H])(C([2H])([2H])[2H])C([2H])([2H])C1CN2C(CC1OC(=O)[C@@]([2H])(N)C([2H])(C([2H])([2H])[2H])C([2H])([2H])[2H])c1cc(OC)c(OC)cc1C([2H])([2H])C2([2H])[2H]. The lowest BCUT2D eigenvalue weighted by Gasteiger charge is -2.47. The van der Waals surface area contributed by atoms with Crippen LogP contribution in [0.4, 0.5) is 0 Å². The number of esters is 1. The Morgan fingerprint density at radius 1 is 1.33 bits per heavy atom. The fraction of sp³-hybridized carbons (Fsp3) is 0.708. The number of methoxy groups -OCH3 is 2. The van der Waals surface area contributed by atoms with Gasteiger partial charge in [-0.3, -0.25) is 9.69 Å². The third-order valence-corrected chi connectivity index (χ3v) is 5.00. The van der Waals surface area contributed by atoms with E-state index >= 15 is 0 Å². The van der Waals surface area contributed by atoms with Crippen molar-refractivity contribution in [1.29, 1.82) is 0 Å². The molecule has 0 bridgehead atoms. The second kappa shape index (κ2) is 9.56. The van der Waals surface area contributed by atoms with Crippen molar-refractivity contribution in [3.8, 4) is 11.5 Å². The number of rotatable bonds is 7. The maximum absolute atomic E-state index is 13.7. The van der Waals surface area contributed by atoms with E-state index in [2.05, 4.69) is 0 Å². The van der Waals surface area contributed by atoms with E-state index in [1.165, 1.54) is 20.3 Å². The molecule has 3 unspecified atom stereocenters. The van der Waals surface area contributed by atoms with Gasteiger partial charge < -0.3 is 19.9 Å². The molecule has 1 aromatic carbocycles. The molecule has 168 valence electrons. The van der Waals surface area contributed by atoms with Crippen molar-refractivity contribution in [3.63, 3.8) is 0 Å². The number of nitrogens with zero attached hydrogens (tertiary/aromatic N) is 1. The van der Waals surface area contributed by atoms with E-state index < -0.39 is 101 Å². The second-order valence-electron chi connectivity index (χ2n) is 6.79. The minimum absolute atomic E-state index is 0.00286. The number of ether oxygens (including phenoxy) is 3. The van der Waals surface area contributed by atoms with Crippen LogP contribution in [-0.4, -0.2) is 50.3 Å². The molecule has 6 heteroatoms. The Bertz CT molecular complexity index is 1470. The Balaban J connectivity index is 2.38. The topological polar surface area (TPSA) is 74.0 Å². The number of hydrogen-bond acceptors (Lipinski definition) is 6. The maximum Gasteiger partial charge on any atom is 0.323 e. The van der Waals surface area contributed by atoms with Gasteiger partial charge in [0, 0.05) is 58.8 Å². The molecule has 4 atom stereocenters. The molecule has 2 N–H and O–H groups in total. The maximum atomic E-state index is 13.7. The lowest BCUT2D eigenvalue weighted by molar-refractivity contribution is -0.160. The summed E-state index contributed by atoms with van der Waals surface area (Å²) in [5.74, 6) is -12.8. The van der Waals surface area contributed by atoms with Gasteiger partial charge in [0.2, 0.25) is 0 Å². The monoisotopic (exact) mass is 439 g/mol. The summed E-state index contributed by atoms with van der Waals surface area (Å²) in [5.41, 5.74) is 5.31. The highest BCUT2D eigenvalue weighted by Crippen LogP contribution is 2.44. The Morgan fingerprint density at radius 2 is 2.07 bits per heavy atom. The minimum Gasteiger partial charge on any atom is -0.493 e. The Labute approximate surface area is 210 Å². The molecule has 1 aromatic rings. The van der Waals surface area contributed by atoms with Crippen LogP contribution in [0.1, 0.15) is 86.2 Å². The third kappa shape index (κ3) is 4.75. The molecular formula is C24H38N2O4. The fourth-order valence-corrected chi connectivity index (χ4v) is 3.55. The third-order valence-electron chi connectivity index (χ3n) is 5.00. The largest absolute Gasteiger partial charge is 0.493 e. The number of carbonyl (C=O) groups excluding carboxylic acids is 1. The van der Waals surface area contributed by atoms with Crippen LogP contribution in [0.2, 0.25) is 0 Å². The Kier molecular flexibility index (Phi) is 2.54. The van der Waals surface area contributed by atoms with E-state index in [1.807, 2.05) is 0 Å². The van der Waals surface area contributed by atoms with Crippen LogP contribution >= 0.6 is 0 Å².